The summed E-state index contributed by atoms with van der Waals surface area (Å²) in [5, 5.41) is 4.49. The van der Waals surface area contributed by atoms with Gasteiger partial charge < -0.3 is 11.1 Å². The van der Waals surface area contributed by atoms with Crippen LogP contribution >= 0.6 is 24.0 Å². The Morgan fingerprint density at radius 3 is 2.80 bits per heavy atom. The first-order valence-corrected chi connectivity index (χ1v) is 5.76. The summed E-state index contributed by atoms with van der Waals surface area (Å²) in [6.45, 7) is 0.460. The zero-order valence-corrected chi connectivity index (χ0v) is 9.74. The van der Waals surface area contributed by atoms with Crippen LogP contribution in [0.3, 0.4) is 0 Å². The Hall–Kier alpha value is -1.01. The van der Waals surface area contributed by atoms with Crippen LogP contribution in [0.25, 0.3) is 0 Å². The van der Waals surface area contributed by atoms with E-state index >= 15 is 0 Å². The topological polar surface area (TPSA) is 72.2 Å². The molecule has 1 rings (SSSR count). The number of hydrogen-bond acceptors (Lipinski definition) is 4. The fraction of sp³-hybridized carbons (Fsp3) is 0.333. The smallest absolute Gasteiger partial charge is 0.261 e. The van der Waals surface area contributed by atoms with E-state index < -0.39 is 0 Å². The first-order valence-electron chi connectivity index (χ1n) is 4.43. The molecule has 0 unspecified atom stereocenters. The molecule has 6 heteroatoms. The molecular formula is C9H12N2O2S2. The van der Waals surface area contributed by atoms with Gasteiger partial charge in [-0.25, -0.2) is 0 Å². The molecule has 15 heavy (non-hydrogen) atoms. The second-order valence-electron chi connectivity index (χ2n) is 2.99. The molecule has 0 aromatic carbocycles. The van der Waals surface area contributed by atoms with Crippen LogP contribution in [-0.4, -0.2) is 18.4 Å². The number of carbonyl (C=O) groups is 2. The van der Waals surface area contributed by atoms with E-state index in [1.54, 1.807) is 11.4 Å². The van der Waals surface area contributed by atoms with Crippen molar-refractivity contribution in [2.45, 2.75) is 17.7 Å². The molecule has 0 saturated heterocycles. The highest BCUT2D eigenvalue weighted by molar-refractivity contribution is 7.80. The maximum absolute atomic E-state index is 11.5. The van der Waals surface area contributed by atoms with Crippen LogP contribution in [0.15, 0.2) is 16.3 Å². The summed E-state index contributed by atoms with van der Waals surface area (Å²) in [4.78, 5) is 23.3. The van der Waals surface area contributed by atoms with Gasteiger partial charge in [0.25, 0.3) is 5.91 Å². The average molecular weight is 244 g/mol. The predicted molar refractivity (Wildman–Crippen MR) is 62.3 cm³/mol. The van der Waals surface area contributed by atoms with Crippen molar-refractivity contribution in [1.82, 2.24) is 5.32 Å². The Kier molecular flexibility index (Phi) is 4.64. The quantitative estimate of drug-likeness (QED) is 0.535. The Bertz CT molecular complexity index is 363. The normalized spacial score (nSPS) is 9.93. The number of hydrogen-bond donors (Lipinski definition) is 3. The van der Waals surface area contributed by atoms with Crippen LogP contribution in [0, 0.1) is 0 Å². The second kappa shape index (κ2) is 5.77. The number of nitrogens with two attached hydrogens (primary N) is 1. The molecule has 1 aromatic heterocycles. The fourth-order valence-electron chi connectivity index (χ4n) is 0.997. The van der Waals surface area contributed by atoms with Crippen molar-refractivity contribution in [3.05, 3.63) is 16.3 Å². The number of amides is 2. The zero-order valence-electron chi connectivity index (χ0n) is 8.03. The summed E-state index contributed by atoms with van der Waals surface area (Å²) in [5.74, 6) is -0.484. The lowest BCUT2D eigenvalue weighted by Crippen LogP contribution is -2.24. The van der Waals surface area contributed by atoms with Crippen LogP contribution in [0.1, 0.15) is 22.5 Å². The van der Waals surface area contributed by atoms with Crippen LogP contribution in [0.5, 0.6) is 0 Å². The number of thiol groups is 1. The third kappa shape index (κ3) is 4.35. The summed E-state index contributed by atoms with van der Waals surface area (Å²) in [5.41, 5.74) is 4.96. The summed E-state index contributed by atoms with van der Waals surface area (Å²) in [6, 6.07) is 1.71. The molecule has 2 amide bonds. The lowest BCUT2D eigenvalue weighted by atomic mass is 10.3. The molecule has 0 atom stereocenters. The minimum atomic E-state index is -0.349. The monoisotopic (exact) mass is 244 g/mol. The molecule has 1 aromatic rings. The van der Waals surface area contributed by atoms with Gasteiger partial charge >= 0.3 is 0 Å². The summed E-state index contributed by atoms with van der Waals surface area (Å²) < 4.78 is 0. The fourth-order valence-corrected chi connectivity index (χ4v) is 2.06. The minimum absolute atomic E-state index is 0.134. The first kappa shape index (κ1) is 12.1. The number of rotatable bonds is 5. The van der Waals surface area contributed by atoms with Crippen LogP contribution < -0.4 is 11.1 Å². The van der Waals surface area contributed by atoms with E-state index in [2.05, 4.69) is 17.9 Å². The van der Waals surface area contributed by atoms with E-state index in [4.69, 9.17) is 5.73 Å². The largest absolute Gasteiger partial charge is 0.370 e. The standard InChI is InChI=1S/C9H12N2O2S2/c10-8(12)2-1-3-11-9(13)7-4-6(14)5-15-7/h4-5,14H,1-3H2,(H2,10,12)(H,11,13). The molecule has 0 fully saturated rings. The third-order valence-electron chi connectivity index (χ3n) is 1.69. The number of primary amides is 1. The van der Waals surface area contributed by atoms with E-state index in [1.807, 2.05) is 0 Å². The second-order valence-corrected chi connectivity index (χ2v) is 4.42. The average Bonchev–Trinajstić information content (AvgIpc) is 2.59. The number of carbonyl (C=O) groups excluding carboxylic acids is 2. The predicted octanol–water partition coefficient (Wildman–Crippen LogP) is 1.03. The molecule has 0 aliphatic carbocycles. The van der Waals surface area contributed by atoms with Gasteiger partial charge in [-0.15, -0.1) is 24.0 Å². The van der Waals surface area contributed by atoms with Crippen molar-refractivity contribution >= 4 is 35.8 Å². The maximum atomic E-state index is 11.5. The highest BCUT2D eigenvalue weighted by Crippen LogP contribution is 2.17. The third-order valence-corrected chi connectivity index (χ3v) is 3.06. The SMILES string of the molecule is NC(=O)CCCNC(=O)c1cc(S)cs1. The lowest BCUT2D eigenvalue weighted by molar-refractivity contribution is -0.118. The van der Waals surface area contributed by atoms with Gasteiger partial charge in [0.1, 0.15) is 0 Å². The van der Waals surface area contributed by atoms with E-state index in [-0.39, 0.29) is 11.8 Å². The molecule has 3 N–H and O–H groups in total. The van der Waals surface area contributed by atoms with Crippen molar-refractivity contribution in [3.63, 3.8) is 0 Å². The van der Waals surface area contributed by atoms with E-state index in [0.717, 1.165) is 4.90 Å². The highest BCUT2D eigenvalue weighted by atomic mass is 32.1. The molecule has 4 nitrogen and oxygen atoms in total. The molecule has 0 aliphatic rings. The summed E-state index contributed by atoms with van der Waals surface area (Å²) in [7, 11) is 0. The number of nitrogens with one attached hydrogen (secondary N) is 1. The van der Waals surface area contributed by atoms with Crippen LogP contribution in [0.4, 0.5) is 0 Å². The molecule has 0 radical (unpaired) electrons. The first-order chi connectivity index (χ1) is 7.09. The van der Waals surface area contributed by atoms with Gasteiger partial charge in [-0.3, -0.25) is 9.59 Å². The summed E-state index contributed by atoms with van der Waals surface area (Å²) >= 11 is 5.45. The molecule has 0 spiro atoms. The molecule has 0 bridgehead atoms. The van der Waals surface area contributed by atoms with Gasteiger partial charge in [-0.1, -0.05) is 0 Å². The Morgan fingerprint density at radius 2 is 2.27 bits per heavy atom. The van der Waals surface area contributed by atoms with E-state index in [9.17, 15) is 9.59 Å². The van der Waals surface area contributed by atoms with Crippen molar-refractivity contribution in [2.75, 3.05) is 6.54 Å². The van der Waals surface area contributed by atoms with Crippen LogP contribution in [-0.2, 0) is 4.79 Å². The molecular weight excluding hydrogens is 232 g/mol. The van der Waals surface area contributed by atoms with Gasteiger partial charge in [-0.05, 0) is 12.5 Å². The molecule has 0 aliphatic heterocycles. The molecule has 0 saturated carbocycles. The lowest BCUT2D eigenvalue weighted by Gasteiger charge is -2.01. The minimum Gasteiger partial charge on any atom is -0.370 e. The zero-order chi connectivity index (χ0) is 11.3. The van der Waals surface area contributed by atoms with Crippen molar-refractivity contribution < 1.29 is 9.59 Å². The van der Waals surface area contributed by atoms with Gasteiger partial charge in [0.2, 0.25) is 5.91 Å². The van der Waals surface area contributed by atoms with Crippen LogP contribution in [0.2, 0.25) is 0 Å². The van der Waals surface area contributed by atoms with Crippen molar-refractivity contribution in [3.8, 4) is 0 Å². The van der Waals surface area contributed by atoms with Gasteiger partial charge in [-0.2, -0.15) is 0 Å². The van der Waals surface area contributed by atoms with Gasteiger partial charge in [0, 0.05) is 23.2 Å². The Labute approximate surface area is 97.3 Å². The van der Waals surface area contributed by atoms with Gasteiger partial charge in [0.05, 0.1) is 4.88 Å². The maximum Gasteiger partial charge on any atom is 0.261 e. The van der Waals surface area contributed by atoms with Gasteiger partial charge in [0.15, 0.2) is 0 Å². The molecule has 82 valence electrons. The van der Waals surface area contributed by atoms with E-state index in [0.29, 0.717) is 24.3 Å². The highest BCUT2D eigenvalue weighted by Gasteiger charge is 2.06. The Morgan fingerprint density at radius 1 is 1.53 bits per heavy atom. The summed E-state index contributed by atoms with van der Waals surface area (Å²) in [6.07, 6.45) is 0.864. The number of thiophene rings is 1. The van der Waals surface area contributed by atoms with Crippen molar-refractivity contribution in [1.29, 1.82) is 0 Å². The molecule has 1 heterocycles. The Balaban J connectivity index is 2.28. The van der Waals surface area contributed by atoms with E-state index in [1.165, 1.54) is 11.3 Å². The van der Waals surface area contributed by atoms with Crippen molar-refractivity contribution in [2.24, 2.45) is 5.73 Å².